The third kappa shape index (κ3) is 7.57. The lowest BCUT2D eigenvalue weighted by atomic mass is 10.3. The number of carbonyl (C=O) groups excluding carboxylic acids is 1. The van der Waals surface area contributed by atoms with Gasteiger partial charge in [-0.1, -0.05) is 18.2 Å². The summed E-state index contributed by atoms with van der Waals surface area (Å²) in [4.78, 5) is 21.6. The Hall–Kier alpha value is -2.54. The molecule has 0 aliphatic heterocycles. The minimum absolute atomic E-state index is 0.134. The molecule has 0 spiro atoms. The van der Waals surface area contributed by atoms with Crippen molar-refractivity contribution in [3.8, 4) is 0 Å². The highest BCUT2D eigenvalue weighted by molar-refractivity contribution is 7.99. The Kier molecular flexibility index (Phi) is 9.07. The number of nitrogens with one attached hydrogen (secondary N) is 3. The molecule has 0 saturated heterocycles. The number of benzene rings is 1. The lowest BCUT2D eigenvalue weighted by molar-refractivity contribution is 0.0954. The average Bonchev–Trinajstić information content (AvgIpc) is 2.69. The van der Waals surface area contributed by atoms with Crippen LogP contribution in [0, 0.1) is 0 Å². The van der Waals surface area contributed by atoms with E-state index in [1.54, 1.807) is 36.3 Å². The van der Waals surface area contributed by atoms with Crippen LogP contribution >= 0.6 is 11.8 Å². The maximum absolute atomic E-state index is 11.9. The van der Waals surface area contributed by atoms with Crippen LogP contribution in [0.2, 0.25) is 0 Å². The topological polar surface area (TPSA) is 78.4 Å². The van der Waals surface area contributed by atoms with Crippen LogP contribution in [0.1, 0.15) is 17.3 Å². The van der Waals surface area contributed by atoms with Crippen molar-refractivity contribution in [3.63, 3.8) is 0 Å². The average molecular weight is 372 g/mol. The summed E-state index contributed by atoms with van der Waals surface area (Å²) in [5, 5.41) is 9.35. The van der Waals surface area contributed by atoms with Crippen LogP contribution in [-0.4, -0.2) is 48.8 Å². The molecule has 138 valence electrons. The first kappa shape index (κ1) is 19.8. The van der Waals surface area contributed by atoms with Gasteiger partial charge in [0.25, 0.3) is 5.91 Å². The quantitative estimate of drug-likeness (QED) is 0.272. The van der Waals surface area contributed by atoms with E-state index < -0.39 is 0 Å². The van der Waals surface area contributed by atoms with Crippen LogP contribution in [0.5, 0.6) is 0 Å². The van der Waals surface area contributed by atoms with Gasteiger partial charge in [0.2, 0.25) is 0 Å². The number of nitrogens with zero attached hydrogens (tertiary/aromatic N) is 2. The normalized spacial score (nSPS) is 11.0. The summed E-state index contributed by atoms with van der Waals surface area (Å²) in [7, 11) is 0. The van der Waals surface area contributed by atoms with Gasteiger partial charge < -0.3 is 16.0 Å². The third-order valence-corrected chi connectivity index (χ3v) is 4.36. The second kappa shape index (κ2) is 11.9. The zero-order chi connectivity index (χ0) is 18.5. The lowest BCUT2D eigenvalue weighted by Crippen LogP contribution is -2.39. The first-order valence-corrected chi connectivity index (χ1v) is 9.66. The van der Waals surface area contributed by atoms with Gasteiger partial charge in [-0.15, -0.1) is 11.8 Å². The molecule has 1 aromatic heterocycles. The predicted molar refractivity (Wildman–Crippen MR) is 108 cm³/mol. The lowest BCUT2D eigenvalue weighted by Gasteiger charge is -2.11. The van der Waals surface area contributed by atoms with Crippen LogP contribution < -0.4 is 16.0 Å². The van der Waals surface area contributed by atoms with Crippen molar-refractivity contribution in [3.05, 3.63) is 60.4 Å². The number of amides is 1. The fourth-order valence-corrected chi connectivity index (χ4v) is 2.92. The summed E-state index contributed by atoms with van der Waals surface area (Å²) in [6.07, 6.45) is 3.19. The first-order chi connectivity index (χ1) is 12.8. The monoisotopic (exact) mass is 371 g/mol. The van der Waals surface area contributed by atoms with Crippen molar-refractivity contribution >= 4 is 23.6 Å². The minimum atomic E-state index is -0.134. The number of guanidine groups is 1. The highest BCUT2D eigenvalue weighted by Gasteiger charge is 2.03. The number of carbonyl (C=O) groups is 1. The van der Waals surface area contributed by atoms with Gasteiger partial charge in [0.1, 0.15) is 0 Å². The Balaban J connectivity index is 1.68. The van der Waals surface area contributed by atoms with E-state index in [2.05, 4.69) is 38.1 Å². The van der Waals surface area contributed by atoms with Gasteiger partial charge in [-0.25, -0.2) is 0 Å². The molecule has 7 heteroatoms. The Morgan fingerprint density at radius 1 is 1.08 bits per heavy atom. The van der Waals surface area contributed by atoms with Gasteiger partial charge in [-0.3, -0.25) is 14.8 Å². The van der Waals surface area contributed by atoms with E-state index in [1.807, 2.05) is 25.1 Å². The Labute approximate surface area is 158 Å². The highest BCUT2D eigenvalue weighted by atomic mass is 32.2. The smallest absolute Gasteiger partial charge is 0.252 e. The summed E-state index contributed by atoms with van der Waals surface area (Å²) < 4.78 is 0. The van der Waals surface area contributed by atoms with Gasteiger partial charge in [-0.2, -0.15) is 0 Å². The molecule has 0 saturated carbocycles. The summed E-state index contributed by atoms with van der Waals surface area (Å²) in [6, 6.07) is 13.8. The van der Waals surface area contributed by atoms with Gasteiger partial charge in [0.15, 0.2) is 5.96 Å². The van der Waals surface area contributed by atoms with Gasteiger partial charge in [0.05, 0.1) is 12.1 Å². The molecule has 1 heterocycles. The van der Waals surface area contributed by atoms with Crippen molar-refractivity contribution < 1.29 is 4.79 Å². The van der Waals surface area contributed by atoms with Gasteiger partial charge in [-0.05, 0) is 31.2 Å². The molecule has 1 amide bonds. The van der Waals surface area contributed by atoms with E-state index in [1.165, 1.54) is 4.90 Å². The number of pyridine rings is 1. The van der Waals surface area contributed by atoms with E-state index in [0.717, 1.165) is 24.8 Å². The summed E-state index contributed by atoms with van der Waals surface area (Å²) in [5.41, 5.74) is 0.555. The van der Waals surface area contributed by atoms with Gasteiger partial charge in [0, 0.05) is 42.7 Å². The number of aromatic nitrogens is 1. The standard InChI is InChI=1S/C19H25N5OS/c1-2-21-19(24-13-14-26-17-8-4-3-5-9-17)23-12-11-22-18(25)16-7-6-10-20-15-16/h3-10,15H,2,11-14H2,1H3,(H,22,25)(H2,21,23,24). The van der Waals surface area contributed by atoms with E-state index >= 15 is 0 Å². The molecule has 0 bridgehead atoms. The summed E-state index contributed by atoms with van der Waals surface area (Å²) >= 11 is 1.80. The van der Waals surface area contributed by atoms with Crippen LogP contribution in [0.25, 0.3) is 0 Å². The second-order valence-electron chi connectivity index (χ2n) is 5.35. The molecule has 2 aromatic rings. The molecular weight excluding hydrogens is 346 g/mol. The maximum Gasteiger partial charge on any atom is 0.252 e. The molecule has 0 radical (unpaired) electrons. The molecule has 6 nitrogen and oxygen atoms in total. The summed E-state index contributed by atoms with van der Waals surface area (Å²) in [5.74, 6) is 1.58. The van der Waals surface area contributed by atoms with Crippen LogP contribution in [-0.2, 0) is 0 Å². The molecule has 3 N–H and O–H groups in total. The number of hydrogen-bond acceptors (Lipinski definition) is 4. The zero-order valence-corrected chi connectivity index (χ0v) is 15.8. The number of thioether (sulfide) groups is 1. The van der Waals surface area contributed by atoms with Crippen LogP contribution in [0.4, 0.5) is 0 Å². The number of aliphatic imine (C=N–C) groups is 1. The van der Waals surface area contributed by atoms with Crippen molar-refractivity contribution in [1.82, 2.24) is 20.9 Å². The van der Waals surface area contributed by atoms with Crippen LogP contribution in [0.3, 0.4) is 0 Å². The van der Waals surface area contributed by atoms with Crippen molar-refractivity contribution in [2.75, 3.05) is 31.9 Å². The van der Waals surface area contributed by atoms with Crippen molar-refractivity contribution in [1.29, 1.82) is 0 Å². The predicted octanol–water partition coefficient (Wildman–Crippen LogP) is 2.16. The SMILES string of the molecule is CCNC(=NCCNC(=O)c1cccnc1)NCCSc1ccccc1. The fourth-order valence-electron chi connectivity index (χ4n) is 2.13. The minimum Gasteiger partial charge on any atom is -0.357 e. The van der Waals surface area contributed by atoms with Crippen LogP contribution in [0.15, 0.2) is 64.7 Å². The van der Waals surface area contributed by atoms with Crippen molar-refractivity contribution in [2.45, 2.75) is 11.8 Å². The van der Waals surface area contributed by atoms with E-state index in [0.29, 0.717) is 18.7 Å². The molecule has 0 unspecified atom stereocenters. The highest BCUT2D eigenvalue weighted by Crippen LogP contribution is 2.15. The molecule has 0 atom stereocenters. The molecule has 1 aromatic carbocycles. The number of hydrogen-bond donors (Lipinski definition) is 3. The first-order valence-electron chi connectivity index (χ1n) is 8.68. The third-order valence-electron chi connectivity index (χ3n) is 3.34. The largest absolute Gasteiger partial charge is 0.357 e. The fraction of sp³-hybridized carbons (Fsp3) is 0.316. The van der Waals surface area contributed by atoms with Crippen molar-refractivity contribution in [2.24, 2.45) is 4.99 Å². The Bertz CT molecular complexity index is 679. The molecule has 26 heavy (non-hydrogen) atoms. The number of rotatable bonds is 9. The zero-order valence-electron chi connectivity index (χ0n) is 14.9. The van der Waals surface area contributed by atoms with E-state index in [-0.39, 0.29) is 5.91 Å². The Morgan fingerprint density at radius 3 is 2.65 bits per heavy atom. The second-order valence-corrected chi connectivity index (χ2v) is 6.51. The molecule has 0 aliphatic rings. The summed E-state index contributed by atoms with van der Waals surface area (Å²) in [6.45, 7) is 4.61. The van der Waals surface area contributed by atoms with E-state index in [4.69, 9.17) is 0 Å². The molecular formula is C19H25N5OS. The molecule has 0 aliphatic carbocycles. The Morgan fingerprint density at radius 2 is 1.92 bits per heavy atom. The molecule has 2 rings (SSSR count). The molecule has 0 fully saturated rings. The van der Waals surface area contributed by atoms with E-state index in [9.17, 15) is 4.79 Å². The van der Waals surface area contributed by atoms with Gasteiger partial charge >= 0.3 is 0 Å². The maximum atomic E-state index is 11.9.